The highest BCUT2D eigenvalue weighted by molar-refractivity contribution is 7.33. The van der Waals surface area contributed by atoms with Crippen molar-refractivity contribution in [2.24, 2.45) is 0 Å². The van der Waals surface area contributed by atoms with Crippen LogP contribution < -0.4 is 30.4 Å². The highest BCUT2D eigenvalue weighted by Gasteiger charge is 2.48. The molecule has 330 valence electrons. The normalized spacial score (nSPS) is 15.8. The van der Waals surface area contributed by atoms with Crippen LogP contribution in [0.3, 0.4) is 0 Å². The number of anilines is 9. The van der Waals surface area contributed by atoms with Crippen LogP contribution in [0, 0.1) is 6.92 Å². The van der Waals surface area contributed by atoms with Gasteiger partial charge in [-0.15, -0.1) is 11.3 Å². The topological polar surface area (TPSA) is 9.72 Å². The summed E-state index contributed by atoms with van der Waals surface area (Å²) in [6.07, 6.45) is 2.33. The molecule has 1 aliphatic carbocycles. The van der Waals surface area contributed by atoms with E-state index in [4.69, 9.17) is 0 Å². The van der Waals surface area contributed by atoms with E-state index in [9.17, 15) is 0 Å². The number of aryl methyl sites for hydroxylation is 1. The molecule has 0 saturated carbocycles. The third-order valence-corrected chi connectivity index (χ3v) is 16.3. The molecule has 0 saturated heterocycles. The molecule has 1 aromatic heterocycles. The molecule has 0 bridgehead atoms. The maximum atomic E-state index is 2.67. The van der Waals surface area contributed by atoms with Gasteiger partial charge in [-0.3, -0.25) is 0 Å². The quantitative estimate of drug-likeness (QED) is 0.160. The third kappa shape index (κ3) is 6.75. The standard InChI is InChI=1S/C61H62BN3S/c1-39-20-18-19-25-50(39)65-51-38-48-47(60(8,9)32-33-61(48,10)11)37-49(51)62-55-52(35-45(36-53(55)65)63(42-21-14-12-15-22-42)43-23-16-13-17-24-43)64(44-29-26-40(27-30-44)58(2,3)4)56-46-34-41(59(5,6)7)28-31-54(46)66-57(56)62/h12-31,34-38H,32-33H2,1-11H3. The van der Waals surface area contributed by atoms with Crippen LogP contribution >= 0.6 is 11.3 Å². The van der Waals surface area contributed by atoms with Gasteiger partial charge in [0.2, 0.25) is 0 Å². The second kappa shape index (κ2) is 15.0. The molecular formula is C61H62BN3S. The van der Waals surface area contributed by atoms with Gasteiger partial charge in [-0.25, -0.2) is 0 Å². The van der Waals surface area contributed by atoms with Crippen molar-refractivity contribution in [1.29, 1.82) is 0 Å². The highest BCUT2D eigenvalue weighted by atomic mass is 32.1. The van der Waals surface area contributed by atoms with Crippen molar-refractivity contribution in [3.8, 4) is 0 Å². The van der Waals surface area contributed by atoms with Crippen molar-refractivity contribution in [1.82, 2.24) is 0 Å². The van der Waals surface area contributed by atoms with E-state index in [0.717, 1.165) is 23.5 Å². The van der Waals surface area contributed by atoms with Crippen LogP contribution in [0.25, 0.3) is 10.1 Å². The lowest BCUT2D eigenvalue weighted by atomic mass is 9.35. The first-order valence-corrected chi connectivity index (χ1v) is 24.8. The molecule has 0 spiro atoms. The lowest BCUT2D eigenvalue weighted by Gasteiger charge is -2.47. The molecule has 0 radical (unpaired) electrons. The van der Waals surface area contributed by atoms with Crippen molar-refractivity contribution in [3.05, 3.63) is 179 Å². The number of hydrogen-bond donors (Lipinski definition) is 0. The highest BCUT2D eigenvalue weighted by Crippen LogP contribution is 2.54. The van der Waals surface area contributed by atoms with Crippen molar-refractivity contribution in [3.63, 3.8) is 0 Å². The Morgan fingerprint density at radius 1 is 0.530 bits per heavy atom. The van der Waals surface area contributed by atoms with Crippen molar-refractivity contribution in [2.75, 3.05) is 14.7 Å². The molecule has 3 aliphatic rings. The van der Waals surface area contributed by atoms with E-state index in [1.165, 1.54) is 94.2 Å². The van der Waals surface area contributed by atoms with E-state index in [0.29, 0.717) is 0 Å². The Hall–Kier alpha value is -6.04. The molecule has 0 amide bonds. The van der Waals surface area contributed by atoms with Crippen molar-refractivity contribution in [2.45, 2.75) is 111 Å². The molecular weight excluding hydrogens is 818 g/mol. The summed E-state index contributed by atoms with van der Waals surface area (Å²) < 4.78 is 2.75. The van der Waals surface area contributed by atoms with E-state index >= 15 is 0 Å². The molecule has 0 N–H and O–H groups in total. The minimum atomic E-state index is -0.0100. The van der Waals surface area contributed by atoms with Gasteiger partial charge in [-0.05, 0) is 153 Å². The summed E-state index contributed by atoms with van der Waals surface area (Å²) in [4.78, 5) is 7.74. The molecule has 5 heteroatoms. The largest absolute Gasteiger partial charge is 0.311 e. The van der Waals surface area contributed by atoms with Gasteiger partial charge in [0.1, 0.15) is 0 Å². The number of rotatable bonds is 5. The Labute approximate surface area is 397 Å². The molecule has 3 nitrogen and oxygen atoms in total. The second-order valence-electron chi connectivity index (χ2n) is 22.6. The number of hydrogen-bond acceptors (Lipinski definition) is 4. The molecule has 0 unspecified atom stereocenters. The SMILES string of the molecule is Cc1ccccc1N1c2cc3c(cc2B2c4sc5ccc(C(C)(C)C)cc5c4N(c4ccc(C(C)(C)C)cc4)c4cc(N(c5ccccc5)c5ccccc5)cc1c42)C(C)(C)CCC3(C)C. The summed E-state index contributed by atoms with van der Waals surface area (Å²) in [5.74, 6) is 0. The predicted molar refractivity (Wildman–Crippen MR) is 288 cm³/mol. The van der Waals surface area contributed by atoms with Gasteiger partial charge in [0.05, 0.1) is 11.4 Å². The van der Waals surface area contributed by atoms with Crippen LogP contribution in [0.4, 0.5) is 51.2 Å². The minimum absolute atomic E-state index is 0.0100. The van der Waals surface area contributed by atoms with Gasteiger partial charge >= 0.3 is 0 Å². The summed E-state index contributed by atoms with van der Waals surface area (Å²) in [5, 5.41) is 1.32. The fourth-order valence-electron chi connectivity index (χ4n) is 11.2. The Morgan fingerprint density at radius 2 is 1.08 bits per heavy atom. The fraction of sp³-hybridized carbons (Fsp3) is 0.279. The Balaban J connectivity index is 1.32. The zero-order chi connectivity index (χ0) is 46.1. The lowest BCUT2D eigenvalue weighted by molar-refractivity contribution is 0.332. The molecule has 7 aromatic carbocycles. The van der Waals surface area contributed by atoms with Gasteiger partial charge in [0.15, 0.2) is 0 Å². The first kappa shape index (κ1) is 42.6. The molecule has 2 aliphatic heterocycles. The lowest BCUT2D eigenvalue weighted by Crippen LogP contribution is -2.61. The first-order chi connectivity index (χ1) is 31.4. The van der Waals surface area contributed by atoms with Crippen molar-refractivity contribution >= 4 is 95.0 Å². The van der Waals surface area contributed by atoms with Crippen LogP contribution in [0.2, 0.25) is 0 Å². The average Bonchev–Trinajstić information content (AvgIpc) is 3.67. The number of thiophene rings is 1. The number of nitrogens with zero attached hydrogens (tertiary/aromatic N) is 3. The maximum Gasteiger partial charge on any atom is 0.264 e. The van der Waals surface area contributed by atoms with Gasteiger partial charge in [-0.1, -0.05) is 148 Å². The molecule has 66 heavy (non-hydrogen) atoms. The Bertz CT molecular complexity index is 3150. The zero-order valence-electron chi connectivity index (χ0n) is 40.7. The van der Waals surface area contributed by atoms with Gasteiger partial charge in [0.25, 0.3) is 6.71 Å². The minimum Gasteiger partial charge on any atom is -0.311 e. The molecule has 3 heterocycles. The van der Waals surface area contributed by atoms with Crippen molar-refractivity contribution < 1.29 is 0 Å². The Kier molecular flexibility index (Phi) is 9.67. The summed E-state index contributed by atoms with van der Waals surface area (Å²) in [7, 11) is 0. The zero-order valence-corrected chi connectivity index (χ0v) is 41.5. The second-order valence-corrected chi connectivity index (χ2v) is 23.7. The van der Waals surface area contributed by atoms with E-state index < -0.39 is 0 Å². The van der Waals surface area contributed by atoms with Crippen LogP contribution in [0.5, 0.6) is 0 Å². The third-order valence-electron chi connectivity index (χ3n) is 15.1. The van der Waals surface area contributed by atoms with E-state index in [2.05, 4.69) is 243 Å². The number of benzene rings is 7. The number of fused-ring (bicyclic) bond motifs is 7. The molecule has 0 atom stereocenters. The van der Waals surface area contributed by atoms with Gasteiger partial charge in [0, 0.05) is 54.7 Å². The molecule has 8 aromatic rings. The van der Waals surface area contributed by atoms with Gasteiger partial charge in [-0.2, -0.15) is 0 Å². The van der Waals surface area contributed by atoms with E-state index in [-0.39, 0.29) is 28.4 Å². The summed E-state index contributed by atoms with van der Waals surface area (Å²) >= 11 is 2.00. The monoisotopic (exact) mass is 879 g/mol. The van der Waals surface area contributed by atoms with E-state index in [1.807, 2.05) is 11.3 Å². The predicted octanol–water partition coefficient (Wildman–Crippen LogP) is 15.7. The van der Waals surface area contributed by atoms with E-state index in [1.54, 1.807) is 0 Å². The smallest absolute Gasteiger partial charge is 0.264 e. The van der Waals surface area contributed by atoms with Crippen LogP contribution in [0.1, 0.15) is 110 Å². The summed E-state index contributed by atoms with van der Waals surface area (Å²) in [5.41, 5.74) is 20.6. The Morgan fingerprint density at radius 3 is 1.67 bits per heavy atom. The van der Waals surface area contributed by atoms with Crippen LogP contribution in [-0.4, -0.2) is 6.71 Å². The number of para-hydroxylation sites is 3. The van der Waals surface area contributed by atoms with Crippen LogP contribution in [-0.2, 0) is 21.7 Å². The average molecular weight is 880 g/mol. The fourth-order valence-corrected chi connectivity index (χ4v) is 12.5. The molecule has 0 fully saturated rings. The maximum absolute atomic E-state index is 2.67. The summed E-state index contributed by atoms with van der Waals surface area (Å²) in [6, 6.07) is 57.9. The van der Waals surface area contributed by atoms with Gasteiger partial charge < -0.3 is 14.7 Å². The van der Waals surface area contributed by atoms with Crippen LogP contribution in [0.15, 0.2) is 152 Å². The summed E-state index contributed by atoms with van der Waals surface area (Å²) in [6.45, 7) is 26.2. The molecule has 11 rings (SSSR count). The first-order valence-electron chi connectivity index (χ1n) is 24.0.